The van der Waals surface area contributed by atoms with E-state index in [0.29, 0.717) is 11.6 Å². The van der Waals surface area contributed by atoms with Crippen LogP contribution in [-0.4, -0.2) is 47.2 Å². The summed E-state index contributed by atoms with van der Waals surface area (Å²) in [4.78, 5) is 15.0. The van der Waals surface area contributed by atoms with E-state index in [1.165, 1.54) is 18.4 Å². The lowest BCUT2D eigenvalue weighted by molar-refractivity contribution is -0.140. The summed E-state index contributed by atoms with van der Waals surface area (Å²) in [6, 6.07) is 4.41. The van der Waals surface area contributed by atoms with Gasteiger partial charge < -0.3 is 14.6 Å². The summed E-state index contributed by atoms with van der Waals surface area (Å²) in [5.74, 6) is 1.19. The third-order valence-electron chi connectivity index (χ3n) is 6.19. The average Bonchev–Trinajstić information content (AvgIpc) is 3.33. The highest BCUT2D eigenvalue weighted by Gasteiger charge is 2.44. The molecular formula is C20H31ClN4O2. The summed E-state index contributed by atoms with van der Waals surface area (Å²) in [5.41, 5.74) is 2.22. The number of carbonyl (C=O) groups is 1. The average molecular weight is 395 g/mol. The van der Waals surface area contributed by atoms with Gasteiger partial charge in [0.25, 0.3) is 5.91 Å². The topological polar surface area (TPSA) is 70.3 Å². The molecule has 1 aliphatic heterocycles. The van der Waals surface area contributed by atoms with Gasteiger partial charge in [-0.25, -0.2) is 0 Å². The normalized spacial score (nSPS) is 23.0. The Hall–Kier alpha value is -1.55. The molecule has 0 radical (unpaired) electrons. The van der Waals surface area contributed by atoms with Crippen LogP contribution in [-0.2, 0) is 23.1 Å². The van der Waals surface area contributed by atoms with E-state index in [4.69, 9.17) is 4.74 Å². The van der Waals surface area contributed by atoms with Gasteiger partial charge in [-0.05, 0) is 57.1 Å². The molecule has 2 atom stereocenters. The highest BCUT2D eigenvalue weighted by Crippen LogP contribution is 2.42. The number of rotatable bonds is 6. The summed E-state index contributed by atoms with van der Waals surface area (Å²) >= 11 is 0. The number of nitrogens with zero attached hydrogens (tertiary/aromatic N) is 3. The highest BCUT2D eigenvalue weighted by atomic mass is 35.5. The van der Waals surface area contributed by atoms with Crippen molar-refractivity contribution in [2.45, 2.75) is 51.8 Å². The Morgan fingerprint density at radius 2 is 2.07 bits per heavy atom. The van der Waals surface area contributed by atoms with E-state index in [2.05, 4.69) is 23.2 Å². The largest absolute Gasteiger partial charge is 0.369 e. The Bertz CT molecular complexity index is 733. The van der Waals surface area contributed by atoms with Gasteiger partial charge in [-0.2, -0.15) is 5.26 Å². The molecule has 1 amide bonds. The van der Waals surface area contributed by atoms with Crippen LogP contribution >= 0.6 is 12.4 Å². The van der Waals surface area contributed by atoms with Crippen LogP contribution in [0.3, 0.4) is 0 Å². The van der Waals surface area contributed by atoms with Crippen molar-refractivity contribution in [2.24, 2.45) is 18.9 Å². The number of amides is 1. The zero-order chi connectivity index (χ0) is 19.1. The lowest BCUT2D eigenvalue weighted by atomic mass is 9.97. The van der Waals surface area contributed by atoms with E-state index in [0.717, 1.165) is 31.2 Å². The molecule has 2 aliphatic rings. The third kappa shape index (κ3) is 4.48. The summed E-state index contributed by atoms with van der Waals surface area (Å²) < 4.78 is 7.28. The van der Waals surface area contributed by atoms with Gasteiger partial charge in [0, 0.05) is 45.5 Å². The smallest absolute Gasteiger partial charge is 0.251 e. The lowest BCUT2D eigenvalue weighted by Gasteiger charge is -2.26. The molecule has 1 aliphatic carbocycles. The second-order valence-corrected chi connectivity index (χ2v) is 8.30. The van der Waals surface area contributed by atoms with Gasteiger partial charge in [0.05, 0.1) is 0 Å². The quantitative estimate of drug-likeness (QED) is 0.804. The summed E-state index contributed by atoms with van der Waals surface area (Å²) in [6.45, 7) is 8.34. The molecule has 0 aromatic carbocycles. The van der Waals surface area contributed by atoms with Crippen molar-refractivity contribution in [1.82, 2.24) is 14.8 Å². The predicted molar refractivity (Wildman–Crippen MR) is 107 cm³/mol. The molecule has 6 nitrogen and oxygen atoms in total. The first-order chi connectivity index (χ1) is 12.3. The Morgan fingerprint density at radius 3 is 2.59 bits per heavy atom. The highest BCUT2D eigenvalue weighted by molar-refractivity contribution is 5.85. The number of nitriles is 1. The van der Waals surface area contributed by atoms with Gasteiger partial charge in [0.2, 0.25) is 0 Å². The van der Waals surface area contributed by atoms with Crippen LogP contribution < -0.4 is 5.32 Å². The van der Waals surface area contributed by atoms with Crippen LogP contribution in [0, 0.1) is 30.1 Å². The van der Waals surface area contributed by atoms with Crippen molar-refractivity contribution in [3.63, 3.8) is 0 Å². The van der Waals surface area contributed by atoms with Crippen LogP contribution in [0.25, 0.3) is 0 Å². The van der Waals surface area contributed by atoms with Crippen molar-refractivity contribution < 1.29 is 9.53 Å². The molecule has 7 heteroatoms. The van der Waals surface area contributed by atoms with Gasteiger partial charge >= 0.3 is 0 Å². The molecule has 0 bridgehead atoms. The number of nitrogens with one attached hydrogen (secondary N) is 1. The first-order valence-electron chi connectivity index (χ1n) is 9.40. The van der Waals surface area contributed by atoms with E-state index >= 15 is 0 Å². The number of halogens is 1. The number of ether oxygens (including phenoxy) is 1. The molecule has 1 aromatic rings. The van der Waals surface area contributed by atoms with Crippen LogP contribution in [0.2, 0.25) is 0 Å². The van der Waals surface area contributed by atoms with Crippen molar-refractivity contribution in [2.75, 3.05) is 20.2 Å². The molecule has 1 aromatic heterocycles. The maximum absolute atomic E-state index is 12.6. The van der Waals surface area contributed by atoms with Gasteiger partial charge in [0.15, 0.2) is 0 Å². The first kappa shape index (κ1) is 21.7. The van der Waals surface area contributed by atoms with Gasteiger partial charge in [-0.1, -0.05) is 0 Å². The second kappa shape index (κ2) is 8.22. The molecule has 27 heavy (non-hydrogen) atoms. The van der Waals surface area contributed by atoms with Crippen LogP contribution in [0.1, 0.15) is 43.6 Å². The minimum absolute atomic E-state index is 0. The lowest BCUT2D eigenvalue weighted by Crippen LogP contribution is -2.50. The number of methoxy groups -OCH3 is 1. The van der Waals surface area contributed by atoms with E-state index in [1.54, 1.807) is 21.0 Å². The number of aromatic nitrogens is 1. The monoisotopic (exact) mass is 394 g/mol. The molecule has 2 heterocycles. The Balaban J connectivity index is 0.00000261. The number of hydrogen-bond donors (Lipinski definition) is 1. The van der Waals surface area contributed by atoms with E-state index in [-0.39, 0.29) is 24.4 Å². The van der Waals surface area contributed by atoms with Crippen LogP contribution in [0.5, 0.6) is 0 Å². The molecule has 150 valence electrons. The number of likely N-dealkylation sites (tertiary alicyclic amines) is 1. The van der Waals surface area contributed by atoms with Gasteiger partial charge in [-0.3, -0.25) is 9.69 Å². The molecule has 1 saturated heterocycles. The SMILES string of the molecule is COC(C)(C)C(=O)N[C@H]1CN(Cc2cc(C#N)n(C)c2C)C[C@@H]1C1CC1.Cl. The van der Waals surface area contributed by atoms with Gasteiger partial charge in [-0.15, -0.1) is 12.4 Å². The van der Waals surface area contributed by atoms with Gasteiger partial charge in [0.1, 0.15) is 17.4 Å². The zero-order valence-electron chi connectivity index (χ0n) is 16.9. The molecule has 0 spiro atoms. The van der Waals surface area contributed by atoms with E-state index in [9.17, 15) is 10.1 Å². The fourth-order valence-electron chi connectivity index (χ4n) is 3.90. The molecule has 1 N–H and O–H groups in total. The van der Waals surface area contributed by atoms with Crippen molar-refractivity contribution >= 4 is 18.3 Å². The van der Waals surface area contributed by atoms with Crippen LogP contribution in [0.15, 0.2) is 6.07 Å². The summed E-state index contributed by atoms with van der Waals surface area (Å²) in [5, 5.41) is 12.5. The molecule has 3 rings (SSSR count). The number of carbonyl (C=O) groups excluding carboxylic acids is 1. The third-order valence-corrected chi connectivity index (χ3v) is 6.19. The van der Waals surface area contributed by atoms with E-state index in [1.807, 2.05) is 17.7 Å². The maximum Gasteiger partial charge on any atom is 0.251 e. The number of hydrogen-bond acceptors (Lipinski definition) is 4. The van der Waals surface area contributed by atoms with E-state index < -0.39 is 5.60 Å². The first-order valence-corrected chi connectivity index (χ1v) is 9.40. The van der Waals surface area contributed by atoms with Crippen LogP contribution in [0.4, 0.5) is 0 Å². The predicted octanol–water partition coefficient (Wildman–Crippen LogP) is 2.38. The summed E-state index contributed by atoms with van der Waals surface area (Å²) in [7, 11) is 3.51. The maximum atomic E-state index is 12.6. The minimum atomic E-state index is -0.806. The van der Waals surface area contributed by atoms with Crippen molar-refractivity contribution in [1.29, 1.82) is 5.26 Å². The van der Waals surface area contributed by atoms with Crippen molar-refractivity contribution in [3.8, 4) is 6.07 Å². The Labute approximate surface area is 168 Å². The molecule has 0 unspecified atom stereocenters. The fraction of sp³-hybridized carbons (Fsp3) is 0.700. The molecule has 2 fully saturated rings. The molecule has 1 saturated carbocycles. The fourth-order valence-corrected chi connectivity index (χ4v) is 3.90. The summed E-state index contributed by atoms with van der Waals surface area (Å²) in [6.07, 6.45) is 2.53. The van der Waals surface area contributed by atoms with Crippen molar-refractivity contribution in [3.05, 3.63) is 23.0 Å². The Morgan fingerprint density at radius 1 is 1.41 bits per heavy atom. The zero-order valence-corrected chi connectivity index (χ0v) is 17.7. The Kier molecular flexibility index (Phi) is 6.62. The molecular weight excluding hydrogens is 364 g/mol. The second-order valence-electron chi connectivity index (χ2n) is 8.30. The minimum Gasteiger partial charge on any atom is -0.369 e. The standard InChI is InChI=1S/C20H30N4O2.ClH/c1-13-15(8-16(9-21)23(13)4)10-24-11-17(14-6-7-14)18(12-24)22-19(25)20(2,3)26-5;/h8,14,17-18H,6-7,10-12H2,1-5H3,(H,22,25);1H/t17-,18+;/m1./s1.